The normalized spacial score (nSPS) is 13.1. The Balaban J connectivity index is 4.24. The van der Waals surface area contributed by atoms with Crippen LogP contribution in [0.1, 0.15) is 142 Å². The molecule has 0 saturated heterocycles. The van der Waals surface area contributed by atoms with E-state index in [1.807, 2.05) is 0 Å². The third kappa shape index (κ3) is 15.5. The summed E-state index contributed by atoms with van der Waals surface area (Å²) in [6.07, 6.45) is 27.0. The molecule has 0 aliphatic carbocycles. The van der Waals surface area contributed by atoms with Gasteiger partial charge in [-0.1, -0.05) is 117 Å². The van der Waals surface area contributed by atoms with E-state index in [-0.39, 0.29) is 11.5 Å². The van der Waals surface area contributed by atoms with E-state index in [1.165, 1.54) is 89.9 Å². The summed E-state index contributed by atoms with van der Waals surface area (Å²) in [5, 5.41) is 40.9. The second kappa shape index (κ2) is 22.8. The zero-order chi connectivity index (χ0) is 24.6. The van der Waals surface area contributed by atoms with E-state index in [1.54, 1.807) is 12.2 Å². The van der Waals surface area contributed by atoms with E-state index in [4.69, 9.17) is 0 Å². The van der Waals surface area contributed by atoms with Crippen LogP contribution in [0.25, 0.3) is 0 Å². The molecule has 0 unspecified atom stereocenters. The Labute approximate surface area is 205 Å². The van der Waals surface area contributed by atoms with Crippen molar-refractivity contribution in [3.05, 3.63) is 23.7 Å². The molecule has 4 N–H and O–H groups in total. The van der Waals surface area contributed by atoms with Gasteiger partial charge >= 0.3 is 0 Å². The van der Waals surface area contributed by atoms with E-state index in [2.05, 4.69) is 13.8 Å². The molecule has 4 heteroatoms. The molecule has 196 valence electrons. The molecular weight excluding hydrogens is 412 g/mol. The van der Waals surface area contributed by atoms with E-state index in [0.29, 0.717) is 12.8 Å². The average molecular weight is 469 g/mol. The summed E-state index contributed by atoms with van der Waals surface area (Å²) in [6, 6.07) is 0. The molecule has 0 aromatic rings. The summed E-state index contributed by atoms with van der Waals surface area (Å²) in [6.45, 7) is 3.45. The Morgan fingerprint density at radius 2 is 0.758 bits per heavy atom. The summed E-state index contributed by atoms with van der Waals surface area (Å²) in [5.41, 5.74) is -1.47. The smallest absolute Gasteiger partial charge is 0.129 e. The van der Waals surface area contributed by atoms with Crippen molar-refractivity contribution in [2.75, 3.05) is 13.2 Å². The minimum atomic E-state index is -1.47. The SMILES string of the molecule is CCCCCCCCCCCC=C(O)C(CO)(CO)C(O)=CCCCCCCCCCCC. The molecule has 0 aromatic heterocycles. The fourth-order valence-electron chi connectivity index (χ4n) is 4.28. The van der Waals surface area contributed by atoms with Crippen molar-refractivity contribution in [3.8, 4) is 0 Å². The first kappa shape index (κ1) is 32.0. The van der Waals surface area contributed by atoms with Crippen LogP contribution in [-0.4, -0.2) is 33.6 Å². The lowest BCUT2D eigenvalue weighted by atomic mass is 9.83. The van der Waals surface area contributed by atoms with E-state index in [0.717, 1.165) is 25.7 Å². The molecule has 0 rings (SSSR count). The minimum absolute atomic E-state index is 0.118. The third-order valence-electron chi connectivity index (χ3n) is 6.81. The van der Waals surface area contributed by atoms with Crippen LogP contribution in [0.15, 0.2) is 23.7 Å². The van der Waals surface area contributed by atoms with Gasteiger partial charge in [0.05, 0.1) is 13.2 Å². The summed E-state index contributed by atoms with van der Waals surface area (Å²) in [7, 11) is 0. The van der Waals surface area contributed by atoms with Crippen LogP contribution in [0.4, 0.5) is 0 Å². The molecule has 0 spiro atoms. The van der Waals surface area contributed by atoms with Gasteiger partial charge in [0.15, 0.2) is 0 Å². The molecule has 0 aromatic carbocycles. The van der Waals surface area contributed by atoms with Gasteiger partial charge in [-0.05, 0) is 37.8 Å². The quantitative estimate of drug-likeness (QED) is 0.0843. The van der Waals surface area contributed by atoms with Crippen LogP contribution in [0.2, 0.25) is 0 Å². The molecular formula is C29H56O4. The predicted octanol–water partition coefficient (Wildman–Crippen LogP) is 8.68. The molecule has 0 aliphatic rings. The number of aliphatic hydroxyl groups excluding tert-OH is 4. The Kier molecular flexibility index (Phi) is 22.1. The first-order valence-electron chi connectivity index (χ1n) is 14.1. The maximum atomic E-state index is 10.6. The van der Waals surface area contributed by atoms with Gasteiger partial charge in [0.2, 0.25) is 0 Å². The second-order valence-corrected chi connectivity index (χ2v) is 9.81. The van der Waals surface area contributed by atoms with Crippen molar-refractivity contribution in [2.24, 2.45) is 5.41 Å². The van der Waals surface area contributed by atoms with Crippen molar-refractivity contribution in [1.82, 2.24) is 0 Å². The predicted molar refractivity (Wildman–Crippen MR) is 142 cm³/mol. The van der Waals surface area contributed by atoms with Gasteiger partial charge in [-0.3, -0.25) is 0 Å². The highest BCUT2D eigenvalue weighted by Gasteiger charge is 2.38. The molecule has 0 atom stereocenters. The fourth-order valence-corrected chi connectivity index (χ4v) is 4.28. The van der Waals surface area contributed by atoms with E-state index < -0.39 is 18.6 Å². The van der Waals surface area contributed by atoms with Crippen LogP contribution in [0.3, 0.4) is 0 Å². The van der Waals surface area contributed by atoms with Gasteiger partial charge in [-0.25, -0.2) is 0 Å². The van der Waals surface area contributed by atoms with Crippen molar-refractivity contribution < 1.29 is 20.4 Å². The van der Waals surface area contributed by atoms with E-state index >= 15 is 0 Å². The van der Waals surface area contributed by atoms with Gasteiger partial charge < -0.3 is 20.4 Å². The largest absolute Gasteiger partial charge is 0.511 e. The molecule has 33 heavy (non-hydrogen) atoms. The number of hydrogen-bond donors (Lipinski definition) is 4. The first-order chi connectivity index (χ1) is 16.1. The van der Waals surface area contributed by atoms with Gasteiger partial charge in [0.25, 0.3) is 0 Å². The molecule has 0 radical (unpaired) electrons. The number of aliphatic hydroxyl groups is 4. The summed E-state index contributed by atoms with van der Waals surface area (Å²) >= 11 is 0. The lowest BCUT2D eigenvalue weighted by molar-refractivity contribution is 0.0446. The summed E-state index contributed by atoms with van der Waals surface area (Å²) in [5.74, 6) is -0.235. The molecule has 0 amide bonds. The van der Waals surface area contributed by atoms with Crippen molar-refractivity contribution >= 4 is 0 Å². The second-order valence-electron chi connectivity index (χ2n) is 9.81. The highest BCUT2D eigenvalue weighted by atomic mass is 16.3. The van der Waals surface area contributed by atoms with Gasteiger partial charge in [0, 0.05) is 0 Å². The highest BCUT2D eigenvalue weighted by Crippen LogP contribution is 2.33. The standard InChI is InChI=1S/C29H56O4/c1-3-5-7-9-11-13-15-17-19-21-23-27(32)29(25-30,26-31)28(33)24-22-20-18-16-14-12-10-8-6-4-2/h23-24,30-33H,3-22,25-26H2,1-2H3. The Morgan fingerprint density at radius 3 is 1.03 bits per heavy atom. The van der Waals surface area contributed by atoms with Crippen LogP contribution < -0.4 is 0 Å². The minimum Gasteiger partial charge on any atom is -0.511 e. The topological polar surface area (TPSA) is 80.9 Å². The van der Waals surface area contributed by atoms with Crippen molar-refractivity contribution in [1.29, 1.82) is 0 Å². The molecule has 4 nitrogen and oxygen atoms in total. The number of rotatable bonds is 24. The van der Waals surface area contributed by atoms with Crippen LogP contribution in [-0.2, 0) is 0 Å². The maximum absolute atomic E-state index is 10.6. The molecule has 0 saturated carbocycles. The van der Waals surface area contributed by atoms with Crippen LogP contribution in [0.5, 0.6) is 0 Å². The number of unbranched alkanes of at least 4 members (excludes halogenated alkanes) is 18. The van der Waals surface area contributed by atoms with Gasteiger partial charge in [-0.2, -0.15) is 0 Å². The van der Waals surface area contributed by atoms with Crippen molar-refractivity contribution in [2.45, 2.75) is 142 Å². The number of allylic oxidation sites excluding steroid dienone is 2. The van der Waals surface area contributed by atoms with Gasteiger partial charge in [-0.15, -0.1) is 0 Å². The zero-order valence-corrected chi connectivity index (χ0v) is 22.0. The summed E-state index contributed by atoms with van der Waals surface area (Å²) in [4.78, 5) is 0. The third-order valence-corrected chi connectivity index (χ3v) is 6.81. The average Bonchev–Trinajstić information content (AvgIpc) is 2.82. The van der Waals surface area contributed by atoms with Crippen molar-refractivity contribution in [3.63, 3.8) is 0 Å². The Hall–Kier alpha value is -1.00. The molecule has 0 heterocycles. The number of hydrogen-bond acceptors (Lipinski definition) is 4. The fraction of sp³-hybridized carbons (Fsp3) is 0.862. The molecule has 0 fully saturated rings. The van der Waals surface area contributed by atoms with Gasteiger partial charge in [0.1, 0.15) is 16.9 Å². The Bertz CT molecular complexity index is 440. The lowest BCUT2D eigenvalue weighted by Crippen LogP contribution is -2.34. The molecule has 0 bridgehead atoms. The molecule has 0 aliphatic heterocycles. The van der Waals surface area contributed by atoms with Crippen LogP contribution >= 0.6 is 0 Å². The monoisotopic (exact) mass is 468 g/mol. The lowest BCUT2D eigenvalue weighted by Gasteiger charge is -2.28. The Morgan fingerprint density at radius 1 is 0.485 bits per heavy atom. The summed E-state index contributed by atoms with van der Waals surface area (Å²) < 4.78 is 0. The first-order valence-corrected chi connectivity index (χ1v) is 14.1. The highest BCUT2D eigenvalue weighted by molar-refractivity contribution is 5.21. The maximum Gasteiger partial charge on any atom is 0.129 e. The zero-order valence-electron chi connectivity index (χ0n) is 22.0. The van der Waals surface area contributed by atoms with E-state index in [9.17, 15) is 20.4 Å². The van der Waals surface area contributed by atoms with Crippen LogP contribution in [0, 0.1) is 5.41 Å².